The van der Waals surface area contributed by atoms with Gasteiger partial charge in [0.05, 0.1) is 0 Å². The normalized spacial score (nSPS) is 14.6. The quantitative estimate of drug-likeness (QED) is 0.683. The third kappa shape index (κ3) is 1.87. The highest BCUT2D eigenvalue weighted by molar-refractivity contribution is 5.97. The van der Waals surface area contributed by atoms with E-state index >= 15 is 0 Å². The van der Waals surface area contributed by atoms with Gasteiger partial charge >= 0.3 is 0 Å². The minimum Gasteiger partial charge on any atom is -0.357 e. The Hall–Kier alpha value is -2.56. The van der Waals surface area contributed by atoms with E-state index in [2.05, 4.69) is 20.3 Å². The van der Waals surface area contributed by atoms with Crippen LogP contribution in [0.1, 0.15) is 24.8 Å². The molecule has 0 aromatic carbocycles. The third-order valence-electron chi connectivity index (χ3n) is 3.61. The smallest absolute Gasteiger partial charge is 0.267 e. The van der Waals surface area contributed by atoms with Gasteiger partial charge in [-0.1, -0.05) is 0 Å². The van der Waals surface area contributed by atoms with E-state index in [0.29, 0.717) is 11.7 Å². The van der Waals surface area contributed by atoms with Crippen molar-refractivity contribution in [2.45, 2.75) is 18.9 Å². The lowest BCUT2D eigenvalue weighted by Crippen LogP contribution is -2.25. The second kappa shape index (κ2) is 4.23. The van der Waals surface area contributed by atoms with Gasteiger partial charge in [0.2, 0.25) is 0 Å². The number of amides is 1. The molecule has 0 spiro atoms. The number of carbonyl (C=O) groups is 1. The topological polar surface area (TPSA) is 73.6 Å². The van der Waals surface area contributed by atoms with Gasteiger partial charge in [-0.25, -0.2) is 4.98 Å². The molecular weight excluding hydrogens is 252 g/mol. The van der Waals surface area contributed by atoms with Crippen molar-refractivity contribution in [1.82, 2.24) is 20.3 Å². The standard InChI is InChI=1S/C15H14N4O.H2/c20-15(19-10-1-2-10)13-7-9(8-18-13)11-3-5-16-14-12(11)4-6-17-14;/h3-8,10,18H,1-2H2,(H,16,17)(H,19,20);1H. The Labute approximate surface area is 116 Å². The SMILES string of the molecule is O=C(NC1CC1)c1cc(-c2ccnc3[nH]ccc23)c[nH]1.[HH]. The zero-order valence-corrected chi connectivity index (χ0v) is 10.8. The maximum atomic E-state index is 12.0. The van der Waals surface area contributed by atoms with Gasteiger partial charge < -0.3 is 15.3 Å². The van der Waals surface area contributed by atoms with Crippen LogP contribution in [0.4, 0.5) is 0 Å². The summed E-state index contributed by atoms with van der Waals surface area (Å²) in [6.07, 6.45) is 7.69. The first-order valence-electron chi connectivity index (χ1n) is 6.73. The van der Waals surface area contributed by atoms with Gasteiger partial charge in [-0.2, -0.15) is 0 Å². The van der Waals surface area contributed by atoms with Crippen LogP contribution in [-0.4, -0.2) is 26.9 Å². The van der Waals surface area contributed by atoms with Crippen LogP contribution in [0.15, 0.2) is 36.8 Å². The summed E-state index contributed by atoms with van der Waals surface area (Å²) in [6.45, 7) is 0. The minimum atomic E-state index is -0.0295. The Bertz CT molecular complexity index is 788. The number of aromatic amines is 2. The number of hydrogen-bond acceptors (Lipinski definition) is 2. The Morgan fingerprint density at radius 1 is 1.35 bits per heavy atom. The van der Waals surface area contributed by atoms with Crippen molar-refractivity contribution in [3.8, 4) is 11.1 Å². The summed E-state index contributed by atoms with van der Waals surface area (Å²) in [5.74, 6) is -0.0295. The van der Waals surface area contributed by atoms with Crippen LogP contribution < -0.4 is 5.32 Å². The van der Waals surface area contributed by atoms with Crippen LogP contribution in [0.3, 0.4) is 0 Å². The maximum absolute atomic E-state index is 12.0. The van der Waals surface area contributed by atoms with Gasteiger partial charge in [0.25, 0.3) is 5.91 Å². The van der Waals surface area contributed by atoms with Crippen molar-refractivity contribution in [1.29, 1.82) is 0 Å². The number of pyridine rings is 1. The molecule has 3 aromatic heterocycles. The van der Waals surface area contributed by atoms with Crippen molar-refractivity contribution >= 4 is 16.9 Å². The molecule has 3 aromatic rings. The molecule has 5 nitrogen and oxygen atoms in total. The highest BCUT2D eigenvalue weighted by Gasteiger charge is 2.24. The molecule has 1 amide bonds. The lowest BCUT2D eigenvalue weighted by atomic mass is 10.1. The van der Waals surface area contributed by atoms with Gasteiger partial charge in [0, 0.05) is 37.0 Å². The maximum Gasteiger partial charge on any atom is 0.267 e. The molecule has 1 saturated carbocycles. The number of nitrogens with one attached hydrogen (secondary N) is 3. The molecule has 1 aliphatic carbocycles. The largest absolute Gasteiger partial charge is 0.357 e. The van der Waals surface area contributed by atoms with E-state index in [-0.39, 0.29) is 7.33 Å². The van der Waals surface area contributed by atoms with Crippen LogP contribution in [0.2, 0.25) is 0 Å². The minimum absolute atomic E-state index is 0. The van der Waals surface area contributed by atoms with Crippen molar-refractivity contribution in [3.63, 3.8) is 0 Å². The fraction of sp³-hybridized carbons (Fsp3) is 0.200. The molecule has 1 fully saturated rings. The molecule has 3 heterocycles. The summed E-state index contributed by atoms with van der Waals surface area (Å²) in [5, 5.41) is 4.03. The Kier molecular flexibility index (Phi) is 2.39. The Balaban J connectivity index is 0.00000132. The number of rotatable bonds is 3. The van der Waals surface area contributed by atoms with Gasteiger partial charge in [-0.05, 0) is 36.6 Å². The van der Waals surface area contributed by atoms with Crippen molar-refractivity contribution < 1.29 is 6.22 Å². The average Bonchev–Trinajstić information content (AvgIpc) is 2.97. The van der Waals surface area contributed by atoms with Gasteiger partial charge in [0.15, 0.2) is 0 Å². The summed E-state index contributed by atoms with van der Waals surface area (Å²) in [7, 11) is 0. The molecule has 0 atom stereocenters. The summed E-state index contributed by atoms with van der Waals surface area (Å²) in [4.78, 5) is 22.4. The zero-order chi connectivity index (χ0) is 13.5. The van der Waals surface area contributed by atoms with E-state index in [1.54, 1.807) is 6.20 Å². The summed E-state index contributed by atoms with van der Waals surface area (Å²) in [5.41, 5.74) is 3.52. The fourth-order valence-corrected chi connectivity index (χ4v) is 2.38. The molecule has 0 saturated heterocycles. The highest BCUT2D eigenvalue weighted by Crippen LogP contribution is 2.27. The van der Waals surface area contributed by atoms with E-state index in [0.717, 1.165) is 35.0 Å². The average molecular weight is 268 g/mol. The number of hydrogen-bond donors (Lipinski definition) is 3. The molecule has 0 radical (unpaired) electrons. The number of fused-ring (bicyclic) bond motifs is 1. The predicted octanol–water partition coefficient (Wildman–Crippen LogP) is 2.70. The van der Waals surface area contributed by atoms with E-state index in [4.69, 9.17) is 0 Å². The summed E-state index contributed by atoms with van der Waals surface area (Å²) < 4.78 is 0. The van der Waals surface area contributed by atoms with Gasteiger partial charge in [0.1, 0.15) is 11.3 Å². The molecule has 20 heavy (non-hydrogen) atoms. The zero-order valence-electron chi connectivity index (χ0n) is 10.8. The van der Waals surface area contributed by atoms with Crippen molar-refractivity contribution in [2.24, 2.45) is 0 Å². The van der Waals surface area contributed by atoms with Crippen LogP contribution in [0.25, 0.3) is 22.2 Å². The Morgan fingerprint density at radius 2 is 2.25 bits per heavy atom. The number of carbonyl (C=O) groups excluding carboxylic acids is 1. The van der Waals surface area contributed by atoms with E-state index in [9.17, 15) is 4.79 Å². The monoisotopic (exact) mass is 268 g/mol. The second-order valence-electron chi connectivity index (χ2n) is 5.15. The second-order valence-corrected chi connectivity index (χ2v) is 5.15. The summed E-state index contributed by atoms with van der Waals surface area (Å²) in [6, 6.07) is 6.21. The molecule has 0 bridgehead atoms. The van der Waals surface area contributed by atoms with Crippen LogP contribution in [0.5, 0.6) is 0 Å². The van der Waals surface area contributed by atoms with Crippen molar-refractivity contribution in [3.05, 3.63) is 42.5 Å². The first-order valence-corrected chi connectivity index (χ1v) is 6.73. The molecule has 0 unspecified atom stereocenters. The molecule has 5 heteroatoms. The molecule has 3 N–H and O–H groups in total. The first kappa shape index (κ1) is 11.3. The molecule has 0 aliphatic heterocycles. The summed E-state index contributed by atoms with van der Waals surface area (Å²) >= 11 is 0. The fourth-order valence-electron chi connectivity index (χ4n) is 2.38. The molecular formula is C15H16N4O. The highest BCUT2D eigenvalue weighted by atomic mass is 16.2. The number of H-pyrrole nitrogens is 2. The third-order valence-corrected chi connectivity index (χ3v) is 3.61. The van der Waals surface area contributed by atoms with Crippen LogP contribution >= 0.6 is 0 Å². The Morgan fingerprint density at radius 3 is 3.10 bits per heavy atom. The van der Waals surface area contributed by atoms with Crippen LogP contribution in [-0.2, 0) is 0 Å². The predicted molar refractivity (Wildman–Crippen MR) is 78.5 cm³/mol. The van der Waals surface area contributed by atoms with E-state index in [1.165, 1.54) is 0 Å². The molecule has 102 valence electrons. The van der Waals surface area contributed by atoms with Crippen LogP contribution in [0, 0.1) is 0 Å². The number of nitrogens with zero attached hydrogens (tertiary/aromatic N) is 1. The molecule has 1 aliphatic rings. The lowest BCUT2D eigenvalue weighted by molar-refractivity contribution is 0.0946. The lowest BCUT2D eigenvalue weighted by Gasteiger charge is -2.00. The van der Waals surface area contributed by atoms with E-state index < -0.39 is 0 Å². The molecule has 4 rings (SSSR count). The number of aromatic nitrogens is 3. The van der Waals surface area contributed by atoms with Gasteiger partial charge in [-0.15, -0.1) is 0 Å². The van der Waals surface area contributed by atoms with E-state index in [1.807, 2.05) is 30.6 Å². The first-order chi connectivity index (χ1) is 9.81. The van der Waals surface area contributed by atoms with Crippen molar-refractivity contribution in [2.75, 3.05) is 0 Å². The van der Waals surface area contributed by atoms with Gasteiger partial charge in [-0.3, -0.25) is 4.79 Å².